The van der Waals surface area contributed by atoms with Crippen molar-refractivity contribution in [2.75, 3.05) is 39.7 Å². The number of likely N-dealkylation sites (N-methyl/N-ethyl adjacent to an activating group) is 1. The Labute approximate surface area is 490 Å². The van der Waals surface area contributed by atoms with Crippen LogP contribution >= 0.6 is 85.5 Å². The van der Waals surface area contributed by atoms with E-state index < -0.39 is 29.8 Å². The molecule has 3 aromatic carbocycles. The fourth-order valence-corrected chi connectivity index (χ4v) is 9.84. The van der Waals surface area contributed by atoms with Gasteiger partial charge in [-0.05, 0) is 67.2 Å². The van der Waals surface area contributed by atoms with Gasteiger partial charge in [-0.3, -0.25) is 46.2 Å². The van der Waals surface area contributed by atoms with Gasteiger partial charge in [0, 0.05) is 73.4 Å². The first-order valence-electron chi connectivity index (χ1n) is 24.5. The molecule has 9 rings (SSSR count). The summed E-state index contributed by atoms with van der Waals surface area (Å²) in [6, 6.07) is 15.1. The topological polar surface area (TPSA) is 209 Å². The number of hydrogen-bond donors (Lipinski definition) is 1. The summed E-state index contributed by atoms with van der Waals surface area (Å²) in [5.74, 6) is 2.04. The molecule has 1 N–H and O–H groups in total. The van der Waals surface area contributed by atoms with Gasteiger partial charge in [-0.1, -0.05) is 104 Å². The van der Waals surface area contributed by atoms with E-state index >= 15 is 0 Å². The number of imidazole rings is 3. The monoisotopic (exact) mass is 1270 g/mol. The molecule has 6 aromatic heterocycles. The van der Waals surface area contributed by atoms with Crippen LogP contribution in [0.2, 0.25) is 30.1 Å². The molecule has 0 saturated heterocycles. The number of aliphatic hydroxyl groups excluding tert-OH is 1. The van der Waals surface area contributed by atoms with Crippen LogP contribution in [0, 0.1) is 0 Å². The molecular weight excluding hydrogens is 1220 g/mol. The molecule has 422 valence electrons. The normalized spacial score (nSPS) is 11.4. The van der Waals surface area contributed by atoms with Crippen LogP contribution in [-0.2, 0) is 81.2 Å². The van der Waals surface area contributed by atoms with Crippen molar-refractivity contribution in [3.63, 3.8) is 0 Å². The molecule has 0 aliphatic heterocycles. The minimum Gasteiger partial charge on any atom is -0.396 e. The summed E-state index contributed by atoms with van der Waals surface area (Å²) in [6.45, 7) is 0.984. The maximum absolute atomic E-state index is 13.0. The second kappa shape index (κ2) is 26.6. The van der Waals surface area contributed by atoms with Gasteiger partial charge in [-0.15, -0.1) is 0 Å². The SMILES string of the molecule is CN(C)CCc1nc2c(c(=O)n(Cc3ccc(Cl)c(Cl)c3)c(=O)n2C)n1C.Cn1c(CCBr)nc2c1c(=O)n(Cc1ccc(Cl)c(Cl)c1)c(=O)n2C.Cn1c(CCO)nc2c1c(=O)n(Cc1ccc(Cl)c(Cl)c1)c(=O)n2C.[2H]CF. The number of hydrogen-bond acceptors (Lipinski definition) is 11. The van der Waals surface area contributed by atoms with Crippen molar-refractivity contribution in [2.45, 2.75) is 38.9 Å². The predicted molar refractivity (Wildman–Crippen MR) is 315 cm³/mol. The molecule has 0 radical (unpaired) electrons. The fraction of sp³-hybridized carbons (Fsp3) is 0.353. The zero-order valence-electron chi connectivity index (χ0n) is 45.0. The van der Waals surface area contributed by atoms with E-state index in [0.717, 1.165) is 39.2 Å². The summed E-state index contributed by atoms with van der Waals surface area (Å²) in [5, 5.41) is 12.2. The third-order valence-electron chi connectivity index (χ3n) is 12.8. The third kappa shape index (κ3) is 13.2. The molecule has 0 amide bonds. The van der Waals surface area contributed by atoms with E-state index in [1.54, 1.807) is 111 Å². The fourth-order valence-electron chi connectivity index (χ4n) is 8.52. The van der Waals surface area contributed by atoms with Gasteiger partial charge < -0.3 is 23.7 Å². The molecular formula is C51H55BrCl6FN13O7. The molecule has 0 fully saturated rings. The van der Waals surface area contributed by atoms with Crippen LogP contribution in [0.4, 0.5) is 4.39 Å². The van der Waals surface area contributed by atoms with E-state index in [9.17, 15) is 33.2 Å². The van der Waals surface area contributed by atoms with Crippen LogP contribution in [0.3, 0.4) is 0 Å². The van der Waals surface area contributed by atoms with Crippen molar-refractivity contribution < 1.29 is 10.9 Å². The van der Waals surface area contributed by atoms with Gasteiger partial charge in [0.05, 0.1) is 64.9 Å². The van der Waals surface area contributed by atoms with E-state index in [2.05, 4.69) is 30.9 Å². The average Bonchev–Trinajstić information content (AvgIpc) is 4.15. The lowest BCUT2D eigenvalue weighted by molar-refractivity contribution is 0.295. The van der Waals surface area contributed by atoms with Crippen LogP contribution in [0.25, 0.3) is 33.5 Å². The average molecular weight is 1270 g/mol. The van der Waals surface area contributed by atoms with E-state index in [1.165, 1.54) is 22.8 Å². The number of halogens is 8. The summed E-state index contributed by atoms with van der Waals surface area (Å²) >= 11 is 39.2. The lowest BCUT2D eigenvalue weighted by atomic mass is 10.2. The lowest BCUT2D eigenvalue weighted by Gasteiger charge is -2.10. The van der Waals surface area contributed by atoms with E-state index in [-0.39, 0.29) is 37.4 Å². The highest BCUT2D eigenvalue weighted by Crippen LogP contribution is 2.25. The molecule has 28 heteroatoms. The summed E-state index contributed by atoms with van der Waals surface area (Å²) in [5.41, 5.74) is 1.82. The van der Waals surface area contributed by atoms with Gasteiger partial charge >= 0.3 is 17.1 Å². The Balaban J connectivity index is 0.000000189. The van der Waals surface area contributed by atoms with E-state index in [4.69, 9.17) is 76.1 Å². The van der Waals surface area contributed by atoms with Crippen LogP contribution in [0.15, 0.2) is 83.4 Å². The van der Waals surface area contributed by atoms with E-state index in [0.29, 0.717) is 94.3 Å². The molecule has 0 atom stereocenters. The number of nitrogens with zero attached hydrogens (tertiary/aromatic N) is 13. The molecule has 0 bridgehead atoms. The molecule has 0 unspecified atom stereocenters. The van der Waals surface area contributed by atoms with Gasteiger partial charge in [-0.25, -0.2) is 29.3 Å². The van der Waals surface area contributed by atoms with Crippen molar-refractivity contribution in [1.29, 1.82) is 0 Å². The molecule has 0 spiro atoms. The van der Waals surface area contributed by atoms with Crippen LogP contribution in [-0.4, -0.2) is 106 Å². The van der Waals surface area contributed by atoms with Crippen molar-refractivity contribution in [3.8, 4) is 0 Å². The minimum absolute atomic E-state index is 0.0683. The first kappa shape index (κ1) is 60.8. The van der Waals surface area contributed by atoms with Crippen molar-refractivity contribution in [1.82, 2.24) is 61.0 Å². The first-order chi connectivity index (χ1) is 37.8. The summed E-state index contributed by atoms with van der Waals surface area (Å²) in [6.07, 6.45) is 1.63. The maximum atomic E-state index is 13.0. The Morgan fingerprint density at radius 3 is 1.06 bits per heavy atom. The predicted octanol–water partition coefficient (Wildman–Crippen LogP) is 6.53. The van der Waals surface area contributed by atoms with Crippen LogP contribution in [0.5, 0.6) is 0 Å². The standard InChI is InChI=1S/C18H21Cl2N5O2.C16H15BrCl2N4O2.C16H16Cl2N4O3.CH3F/c1-22(2)8-7-14-21-16-15(23(14)3)17(26)25(18(27)24(16)4)10-11-5-6-12(19)13(20)9-11;1-21-12(5-6-17)20-14-13(21)15(24)23(16(25)22(14)2)8-9-3-4-10(18)11(19)7-9;1-20-12(5-6-23)19-14-13(20)15(24)22(16(25)21(14)2)8-9-3-4-10(17)11(18)7-9;1-2/h5-6,9H,7-8,10H2,1-4H3;3-4,7H,5-6,8H2,1-2H3;3-4,7,23H,5-6,8H2,1-2H3;1H3/i;;;1D. The largest absolute Gasteiger partial charge is 0.396 e. The van der Waals surface area contributed by atoms with E-state index in [1.807, 2.05) is 19.0 Å². The second-order valence-corrected chi connectivity index (χ2v) is 21.4. The van der Waals surface area contributed by atoms with Gasteiger partial charge in [-0.2, -0.15) is 0 Å². The highest BCUT2D eigenvalue weighted by atomic mass is 79.9. The zero-order valence-corrected chi connectivity index (χ0v) is 50.1. The van der Waals surface area contributed by atoms with Crippen molar-refractivity contribution >= 4 is 119 Å². The number of rotatable bonds is 13. The zero-order chi connectivity index (χ0) is 59.2. The van der Waals surface area contributed by atoms with Gasteiger partial charge in [0.1, 0.15) is 17.5 Å². The molecule has 6 heterocycles. The second-order valence-electron chi connectivity index (χ2n) is 18.2. The minimum atomic E-state index is -1.00. The highest BCUT2D eigenvalue weighted by molar-refractivity contribution is 9.09. The van der Waals surface area contributed by atoms with Crippen molar-refractivity contribution in [3.05, 3.63) is 181 Å². The van der Waals surface area contributed by atoms with Crippen LogP contribution < -0.4 is 33.7 Å². The number of alkyl halides is 2. The molecule has 0 aliphatic rings. The lowest BCUT2D eigenvalue weighted by Crippen LogP contribution is -2.39. The molecule has 79 heavy (non-hydrogen) atoms. The number of benzene rings is 3. The maximum Gasteiger partial charge on any atom is 0.332 e. The van der Waals surface area contributed by atoms with Crippen molar-refractivity contribution in [2.24, 2.45) is 42.3 Å². The Morgan fingerprint density at radius 1 is 0.506 bits per heavy atom. The Kier molecular flexibility index (Phi) is 20.5. The summed E-state index contributed by atoms with van der Waals surface area (Å²) in [7, 11) is 13.0. The molecule has 0 aliphatic carbocycles. The first-order valence-corrected chi connectivity index (χ1v) is 27.1. The van der Waals surface area contributed by atoms with Crippen LogP contribution in [0.1, 0.15) is 35.5 Å². The van der Waals surface area contributed by atoms with Gasteiger partial charge in [0.2, 0.25) is 0 Å². The number of aromatic nitrogens is 12. The Morgan fingerprint density at radius 2 is 0.797 bits per heavy atom. The molecule has 9 aromatic rings. The quantitative estimate of drug-likeness (QED) is 0.123. The Hall–Kier alpha value is -5.82. The smallest absolute Gasteiger partial charge is 0.332 e. The molecule has 0 saturated carbocycles. The number of aryl methyl sites for hydroxylation is 7. The Bertz CT molecular complexity index is 3990. The summed E-state index contributed by atoms with van der Waals surface area (Å²) in [4.78, 5) is 92.2. The number of fused-ring (bicyclic) bond motifs is 3. The third-order valence-corrected chi connectivity index (χ3v) is 15.4. The van der Waals surface area contributed by atoms with Gasteiger partial charge in [0.15, 0.2) is 33.5 Å². The summed E-state index contributed by atoms with van der Waals surface area (Å²) < 4.78 is 28.3. The number of aliphatic hydroxyl groups is 1. The highest BCUT2D eigenvalue weighted by Gasteiger charge is 2.22. The molecule has 20 nitrogen and oxygen atoms in total. The van der Waals surface area contributed by atoms with Gasteiger partial charge in [0.25, 0.3) is 16.7 Å².